The Balaban J connectivity index is 1.41. The van der Waals surface area contributed by atoms with Gasteiger partial charge in [-0.05, 0) is 36.4 Å². The zero-order chi connectivity index (χ0) is 22.3. The Morgan fingerprint density at radius 2 is 2.09 bits per heavy atom. The topological polar surface area (TPSA) is 122 Å². The molecule has 32 heavy (non-hydrogen) atoms. The Bertz CT molecular complexity index is 1100. The number of nitroso groups, excluding NO2 is 1. The summed E-state index contributed by atoms with van der Waals surface area (Å²) in [5.74, 6) is 0.319. The Morgan fingerprint density at radius 1 is 1.25 bits per heavy atom. The molecule has 166 valence electrons. The minimum Gasteiger partial charge on any atom is -0.379 e. The van der Waals surface area contributed by atoms with Gasteiger partial charge in [0.2, 0.25) is 11.9 Å². The average Bonchev–Trinajstić information content (AvgIpc) is 3.18. The number of carbonyl (C=O) groups is 1. The van der Waals surface area contributed by atoms with Crippen LogP contribution in [0.5, 0.6) is 0 Å². The van der Waals surface area contributed by atoms with Crippen molar-refractivity contribution in [1.82, 2.24) is 19.9 Å². The molecule has 1 fully saturated rings. The van der Waals surface area contributed by atoms with Crippen molar-refractivity contribution >= 4 is 39.7 Å². The molecule has 1 saturated heterocycles. The van der Waals surface area contributed by atoms with Crippen LogP contribution in [0, 0.1) is 11.8 Å². The first kappa shape index (κ1) is 21.9. The van der Waals surface area contributed by atoms with Crippen LogP contribution in [0.3, 0.4) is 0 Å². The Kier molecular flexibility index (Phi) is 7.10. The molecule has 3 aromatic rings. The van der Waals surface area contributed by atoms with E-state index in [1.807, 2.05) is 6.92 Å². The Hall–Kier alpha value is -3.28. The third-order valence-electron chi connectivity index (χ3n) is 4.90. The van der Waals surface area contributed by atoms with Crippen molar-refractivity contribution in [2.45, 2.75) is 13.3 Å². The predicted molar refractivity (Wildman–Crippen MR) is 124 cm³/mol. The van der Waals surface area contributed by atoms with Gasteiger partial charge in [0.05, 0.1) is 29.5 Å². The van der Waals surface area contributed by atoms with Gasteiger partial charge in [-0.1, -0.05) is 17.4 Å². The Morgan fingerprint density at radius 3 is 2.91 bits per heavy atom. The summed E-state index contributed by atoms with van der Waals surface area (Å²) in [6, 6.07) is 8.55. The first-order valence-corrected chi connectivity index (χ1v) is 11.0. The zero-order valence-corrected chi connectivity index (χ0v) is 18.4. The van der Waals surface area contributed by atoms with Gasteiger partial charge in [-0.25, -0.2) is 15.0 Å². The molecule has 1 aliphatic heterocycles. The maximum atomic E-state index is 12.4. The Labute approximate surface area is 189 Å². The van der Waals surface area contributed by atoms with Gasteiger partial charge in [-0.2, -0.15) is 0 Å². The summed E-state index contributed by atoms with van der Waals surface area (Å²) in [4.78, 5) is 39.4. The molecule has 11 heteroatoms. The normalized spacial score (nSPS) is 14.2. The van der Waals surface area contributed by atoms with E-state index in [-0.39, 0.29) is 5.91 Å². The van der Waals surface area contributed by atoms with E-state index in [9.17, 15) is 9.70 Å². The quantitative estimate of drug-likeness (QED) is 0.495. The third-order valence-corrected chi connectivity index (χ3v) is 5.99. The highest BCUT2D eigenvalue weighted by Gasteiger charge is 2.16. The van der Waals surface area contributed by atoms with Gasteiger partial charge in [-0.3, -0.25) is 9.69 Å². The molecule has 3 heterocycles. The number of nitrogens with zero attached hydrogens (tertiary/aromatic N) is 5. The number of thiazole rings is 1. The van der Waals surface area contributed by atoms with Crippen molar-refractivity contribution in [3.8, 4) is 10.6 Å². The van der Waals surface area contributed by atoms with Crippen molar-refractivity contribution in [1.29, 1.82) is 0 Å². The zero-order valence-electron chi connectivity index (χ0n) is 17.6. The number of hydrogen-bond donors (Lipinski definition) is 2. The number of nitrogens with one attached hydrogen (secondary N) is 2. The number of carbonyl (C=O) groups excluding carboxylic acids is 1. The van der Waals surface area contributed by atoms with Crippen LogP contribution in [0.4, 0.5) is 22.5 Å². The summed E-state index contributed by atoms with van der Waals surface area (Å²) < 4.78 is 5.33. The molecule has 0 aliphatic carbocycles. The third kappa shape index (κ3) is 5.69. The monoisotopic (exact) mass is 453 g/mol. The van der Waals surface area contributed by atoms with E-state index in [1.54, 1.807) is 36.5 Å². The van der Waals surface area contributed by atoms with Gasteiger partial charge in [0, 0.05) is 37.9 Å². The fourth-order valence-electron chi connectivity index (χ4n) is 3.27. The van der Waals surface area contributed by atoms with Crippen molar-refractivity contribution < 1.29 is 9.53 Å². The lowest BCUT2D eigenvalue weighted by Crippen LogP contribution is -2.38. The second-order valence-electron chi connectivity index (χ2n) is 7.22. The second-order valence-corrected chi connectivity index (χ2v) is 8.22. The SMILES string of the molecule is Cc1nc(NC(=O)CCN2CCOCC2)sc1-c1ccnc(Nc2cccc(N=O)c2)n1. The van der Waals surface area contributed by atoms with Gasteiger partial charge in [0.25, 0.3) is 0 Å². The molecular weight excluding hydrogens is 430 g/mol. The molecule has 2 aromatic heterocycles. The number of hydrogen-bond acceptors (Lipinski definition) is 10. The van der Waals surface area contributed by atoms with Crippen LogP contribution in [0.15, 0.2) is 41.7 Å². The van der Waals surface area contributed by atoms with Crippen molar-refractivity contribution in [3.63, 3.8) is 0 Å². The highest BCUT2D eigenvalue weighted by molar-refractivity contribution is 7.19. The molecule has 0 saturated carbocycles. The maximum Gasteiger partial charge on any atom is 0.227 e. The number of aromatic nitrogens is 3. The van der Waals surface area contributed by atoms with Gasteiger partial charge in [-0.15, -0.1) is 4.91 Å². The van der Waals surface area contributed by atoms with E-state index in [2.05, 4.69) is 35.7 Å². The minimum atomic E-state index is -0.0643. The molecule has 0 bridgehead atoms. The molecular formula is C21H23N7O3S. The van der Waals surface area contributed by atoms with Crippen LogP contribution in [-0.4, -0.2) is 58.6 Å². The smallest absolute Gasteiger partial charge is 0.227 e. The number of morpholine rings is 1. The van der Waals surface area contributed by atoms with E-state index in [1.165, 1.54) is 11.3 Å². The van der Waals surface area contributed by atoms with Crippen molar-refractivity contribution in [3.05, 3.63) is 47.1 Å². The van der Waals surface area contributed by atoms with Gasteiger partial charge in [0.15, 0.2) is 5.13 Å². The largest absolute Gasteiger partial charge is 0.379 e. The first-order chi connectivity index (χ1) is 15.6. The predicted octanol–water partition coefficient (Wildman–Crippen LogP) is 3.71. The van der Waals surface area contributed by atoms with E-state index in [4.69, 9.17) is 4.74 Å². The fraction of sp³-hybridized carbons (Fsp3) is 0.333. The van der Waals surface area contributed by atoms with Gasteiger partial charge >= 0.3 is 0 Å². The average molecular weight is 454 g/mol. The maximum absolute atomic E-state index is 12.4. The van der Waals surface area contributed by atoms with Gasteiger partial charge < -0.3 is 15.4 Å². The highest BCUT2D eigenvalue weighted by Crippen LogP contribution is 2.32. The molecule has 0 unspecified atom stereocenters. The molecule has 0 atom stereocenters. The summed E-state index contributed by atoms with van der Waals surface area (Å²) in [5, 5.41) is 9.45. The van der Waals surface area contributed by atoms with E-state index in [0.717, 1.165) is 23.7 Å². The lowest BCUT2D eigenvalue weighted by molar-refractivity contribution is -0.116. The number of amides is 1. The lowest BCUT2D eigenvalue weighted by atomic mass is 10.3. The van der Waals surface area contributed by atoms with Crippen LogP contribution in [0.2, 0.25) is 0 Å². The molecule has 4 rings (SSSR count). The summed E-state index contributed by atoms with van der Waals surface area (Å²) in [5.41, 5.74) is 2.44. The van der Waals surface area contributed by atoms with Crippen LogP contribution < -0.4 is 10.6 Å². The number of ether oxygens (including phenoxy) is 1. The minimum absolute atomic E-state index is 0.0643. The van der Waals surface area contributed by atoms with Gasteiger partial charge in [0.1, 0.15) is 5.69 Å². The van der Waals surface area contributed by atoms with Crippen LogP contribution in [0.25, 0.3) is 10.6 Å². The number of aryl methyl sites for hydroxylation is 1. The molecule has 2 N–H and O–H groups in total. The summed E-state index contributed by atoms with van der Waals surface area (Å²) in [6.45, 7) is 5.72. The molecule has 10 nitrogen and oxygen atoms in total. The molecule has 1 aliphatic rings. The standard InChI is InChI=1S/C21H23N7O3S/c1-14-19(32-21(23-14)26-18(29)6-8-28-9-11-31-12-10-28)17-5-7-22-20(25-17)24-15-3-2-4-16(13-15)27-30/h2-5,7,13H,6,8-12H2,1H3,(H,22,24,25)(H,23,26,29). The lowest BCUT2D eigenvalue weighted by Gasteiger charge is -2.26. The van der Waals surface area contributed by atoms with Crippen molar-refractivity contribution in [2.75, 3.05) is 43.5 Å². The summed E-state index contributed by atoms with van der Waals surface area (Å²) in [6.07, 6.45) is 2.05. The second kappa shape index (κ2) is 10.4. The van der Waals surface area contributed by atoms with Crippen LogP contribution >= 0.6 is 11.3 Å². The number of anilines is 3. The fourth-order valence-corrected chi connectivity index (χ4v) is 4.22. The number of benzene rings is 1. The van der Waals surface area contributed by atoms with Crippen LogP contribution in [0.1, 0.15) is 12.1 Å². The molecule has 0 spiro atoms. The molecule has 0 radical (unpaired) electrons. The number of rotatable bonds is 8. The van der Waals surface area contributed by atoms with E-state index < -0.39 is 0 Å². The summed E-state index contributed by atoms with van der Waals surface area (Å²) in [7, 11) is 0. The first-order valence-electron chi connectivity index (χ1n) is 10.2. The van der Waals surface area contributed by atoms with Crippen molar-refractivity contribution in [2.24, 2.45) is 5.18 Å². The summed E-state index contributed by atoms with van der Waals surface area (Å²) >= 11 is 1.37. The molecule has 1 aromatic carbocycles. The van der Waals surface area contributed by atoms with E-state index in [0.29, 0.717) is 54.3 Å². The molecule has 1 amide bonds. The highest BCUT2D eigenvalue weighted by atomic mass is 32.1. The van der Waals surface area contributed by atoms with E-state index >= 15 is 0 Å². The van der Waals surface area contributed by atoms with Crippen LogP contribution in [-0.2, 0) is 9.53 Å².